The van der Waals surface area contributed by atoms with Gasteiger partial charge in [0.1, 0.15) is 0 Å². The lowest BCUT2D eigenvalue weighted by molar-refractivity contribution is 0.341. The minimum absolute atomic E-state index is 0.760. The van der Waals surface area contributed by atoms with Gasteiger partial charge in [-0.1, -0.05) is 33.6 Å². The van der Waals surface area contributed by atoms with Gasteiger partial charge in [0.15, 0.2) is 0 Å². The van der Waals surface area contributed by atoms with Crippen LogP contribution in [0, 0.1) is 11.8 Å². The van der Waals surface area contributed by atoms with Crippen molar-refractivity contribution in [1.82, 2.24) is 5.32 Å². The molecule has 0 aromatic heterocycles. The molecule has 0 aromatic rings. The summed E-state index contributed by atoms with van der Waals surface area (Å²) in [6.45, 7) is 8.01. The van der Waals surface area contributed by atoms with E-state index in [0.717, 1.165) is 24.4 Å². The number of nitrogens with one attached hydrogen (secondary N) is 1. The molecular formula is C11H23N. The van der Waals surface area contributed by atoms with Crippen molar-refractivity contribution in [3.8, 4) is 0 Å². The average Bonchev–Trinajstić information content (AvgIpc) is 2.83. The van der Waals surface area contributed by atoms with Crippen LogP contribution in [0.15, 0.2) is 0 Å². The topological polar surface area (TPSA) is 12.0 Å². The Morgan fingerprint density at radius 2 is 2.00 bits per heavy atom. The van der Waals surface area contributed by atoms with Crippen LogP contribution in [-0.2, 0) is 0 Å². The zero-order valence-electron chi connectivity index (χ0n) is 8.77. The van der Waals surface area contributed by atoms with Gasteiger partial charge in [0, 0.05) is 6.04 Å². The van der Waals surface area contributed by atoms with Crippen LogP contribution in [0.3, 0.4) is 0 Å². The maximum absolute atomic E-state index is 3.57. The molecular weight excluding hydrogens is 146 g/mol. The van der Waals surface area contributed by atoms with E-state index in [1.165, 1.54) is 25.7 Å². The Balaban J connectivity index is 2.19. The molecule has 1 aliphatic carbocycles. The van der Waals surface area contributed by atoms with E-state index in [9.17, 15) is 0 Å². The molecule has 2 unspecified atom stereocenters. The summed E-state index contributed by atoms with van der Waals surface area (Å²) in [6.07, 6.45) is 5.72. The van der Waals surface area contributed by atoms with Gasteiger partial charge in [0.2, 0.25) is 0 Å². The highest BCUT2D eigenvalue weighted by atomic mass is 14.9. The predicted molar refractivity (Wildman–Crippen MR) is 54.3 cm³/mol. The second-order valence-electron chi connectivity index (χ2n) is 4.23. The Kier molecular flexibility index (Phi) is 4.07. The van der Waals surface area contributed by atoms with Crippen molar-refractivity contribution in [2.45, 2.75) is 52.5 Å². The summed E-state index contributed by atoms with van der Waals surface area (Å²) >= 11 is 0. The van der Waals surface area contributed by atoms with Gasteiger partial charge in [-0.15, -0.1) is 0 Å². The van der Waals surface area contributed by atoms with Crippen molar-refractivity contribution >= 4 is 0 Å². The van der Waals surface area contributed by atoms with Gasteiger partial charge in [-0.2, -0.15) is 0 Å². The van der Waals surface area contributed by atoms with E-state index < -0.39 is 0 Å². The molecule has 12 heavy (non-hydrogen) atoms. The van der Waals surface area contributed by atoms with Crippen molar-refractivity contribution in [2.24, 2.45) is 11.8 Å². The van der Waals surface area contributed by atoms with Crippen LogP contribution in [0.25, 0.3) is 0 Å². The second kappa shape index (κ2) is 4.86. The highest BCUT2D eigenvalue weighted by molar-refractivity contribution is 4.80. The molecule has 1 heteroatoms. The molecule has 1 aliphatic rings. The van der Waals surface area contributed by atoms with E-state index in [-0.39, 0.29) is 0 Å². The van der Waals surface area contributed by atoms with Crippen molar-refractivity contribution in [2.75, 3.05) is 6.54 Å². The molecule has 0 radical (unpaired) electrons. The van der Waals surface area contributed by atoms with Gasteiger partial charge in [0.05, 0.1) is 0 Å². The zero-order valence-corrected chi connectivity index (χ0v) is 8.77. The highest BCUT2D eigenvalue weighted by Crippen LogP contribution is 2.36. The first kappa shape index (κ1) is 10.0. The lowest BCUT2D eigenvalue weighted by Gasteiger charge is -2.23. The van der Waals surface area contributed by atoms with Crippen LogP contribution < -0.4 is 5.32 Å². The highest BCUT2D eigenvalue weighted by Gasteiger charge is 2.26. The number of rotatable bonds is 6. The summed E-state index contributed by atoms with van der Waals surface area (Å²) in [4.78, 5) is 0. The van der Waals surface area contributed by atoms with Crippen LogP contribution >= 0.6 is 0 Å². The fraction of sp³-hybridized carbons (Fsp3) is 1.00. The maximum atomic E-state index is 3.57. The standard InChI is InChI=1S/C11H23N/c1-4-11(12-5-2)9(3)8-10-6-7-10/h9-12H,4-8H2,1-3H3. The molecule has 1 N–H and O–H groups in total. The second-order valence-corrected chi connectivity index (χ2v) is 4.23. The molecule has 1 saturated carbocycles. The zero-order chi connectivity index (χ0) is 8.97. The lowest BCUT2D eigenvalue weighted by Crippen LogP contribution is -2.34. The van der Waals surface area contributed by atoms with Gasteiger partial charge in [-0.25, -0.2) is 0 Å². The Hall–Kier alpha value is -0.0400. The summed E-state index contributed by atoms with van der Waals surface area (Å²) in [5, 5.41) is 3.57. The largest absolute Gasteiger partial charge is 0.314 e. The Morgan fingerprint density at radius 3 is 2.42 bits per heavy atom. The summed E-state index contributed by atoms with van der Waals surface area (Å²) in [6, 6.07) is 0.760. The van der Waals surface area contributed by atoms with Gasteiger partial charge in [-0.05, 0) is 31.2 Å². The van der Waals surface area contributed by atoms with E-state index in [2.05, 4.69) is 26.1 Å². The molecule has 72 valence electrons. The quantitative estimate of drug-likeness (QED) is 0.644. The maximum Gasteiger partial charge on any atom is 0.00900 e. The average molecular weight is 169 g/mol. The van der Waals surface area contributed by atoms with Crippen LogP contribution in [0.4, 0.5) is 0 Å². The third-order valence-corrected chi connectivity index (χ3v) is 3.00. The van der Waals surface area contributed by atoms with Gasteiger partial charge in [-0.3, -0.25) is 0 Å². The van der Waals surface area contributed by atoms with Gasteiger partial charge >= 0.3 is 0 Å². The van der Waals surface area contributed by atoms with Gasteiger partial charge in [0.25, 0.3) is 0 Å². The summed E-state index contributed by atoms with van der Waals surface area (Å²) in [5.41, 5.74) is 0. The smallest absolute Gasteiger partial charge is 0.00900 e. The lowest BCUT2D eigenvalue weighted by atomic mass is 9.94. The molecule has 2 atom stereocenters. The molecule has 0 spiro atoms. The summed E-state index contributed by atoms with van der Waals surface area (Å²) in [7, 11) is 0. The first-order valence-corrected chi connectivity index (χ1v) is 5.51. The first-order valence-electron chi connectivity index (χ1n) is 5.51. The van der Waals surface area contributed by atoms with E-state index in [1.807, 2.05) is 0 Å². The van der Waals surface area contributed by atoms with Gasteiger partial charge < -0.3 is 5.32 Å². The van der Waals surface area contributed by atoms with Crippen LogP contribution in [0.1, 0.15) is 46.5 Å². The molecule has 0 aliphatic heterocycles. The Labute approximate surface area is 76.9 Å². The minimum Gasteiger partial charge on any atom is -0.314 e. The summed E-state index contributed by atoms with van der Waals surface area (Å²) < 4.78 is 0. The van der Waals surface area contributed by atoms with Crippen molar-refractivity contribution in [1.29, 1.82) is 0 Å². The number of hydrogen-bond acceptors (Lipinski definition) is 1. The van der Waals surface area contributed by atoms with Crippen LogP contribution in [0.5, 0.6) is 0 Å². The minimum atomic E-state index is 0.760. The van der Waals surface area contributed by atoms with E-state index in [0.29, 0.717) is 0 Å². The third kappa shape index (κ3) is 3.14. The Morgan fingerprint density at radius 1 is 1.33 bits per heavy atom. The third-order valence-electron chi connectivity index (χ3n) is 3.00. The van der Waals surface area contributed by atoms with Crippen LogP contribution in [0.2, 0.25) is 0 Å². The van der Waals surface area contributed by atoms with Crippen molar-refractivity contribution < 1.29 is 0 Å². The molecule has 0 heterocycles. The molecule has 0 aromatic carbocycles. The van der Waals surface area contributed by atoms with E-state index in [4.69, 9.17) is 0 Å². The molecule has 0 amide bonds. The van der Waals surface area contributed by atoms with Crippen LogP contribution in [-0.4, -0.2) is 12.6 Å². The molecule has 1 rings (SSSR count). The molecule has 1 fully saturated rings. The molecule has 0 bridgehead atoms. The van der Waals surface area contributed by atoms with E-state index >= 15 is 0 Å². The monoisotopic (exact) mass is 169 g/mol. The number of hydrogen-bond donors (Lipinski definition) is 1. The Bertz CT molecular complexity index is 118. The SMILES string of the molecule is CCNC(CC)C(C)CC1CC1. The first-order chi connectivity index (χ1) is 5.77. The van der Waals surface area contributed by atoms with Crippen molar-refractivity contribution in [3.63, 3.8) is 0 Å². The normalized spacial score (nSPS) is 22.2. The van der Waals surface area contributed by atoms with Crippen molar-refractivity contribution in [3.05, 3.63) is 0 Å². The van der Waals surface area contributed by atoms with E-state index in [1.54, 1.807) is 0 Å². The fourth-order valence-corrected chi connectivity index (χ4v) is 2.05. The predicted octanol–water partition coefficient (Wildman–Crippen LogP) is 2.81. The fourth-order valence-electron chi connectivity index (χ4n) is 2.05. The molecule has 0 saturated heterocycles. The summed E-state index contributed by atoms with van der Waals surface area (Å²) in [5.74, 6) is 1.95. The molecule has 1 nitrogen and oxygen atoms in total.